The average molecular weight is 367 g/mol. The highest BCUT2D eigenvalue weighted by Gasteiger charge is 2.20. The summed E-state index contributed by atoms with van der Waals surface area (Å²) in [6, 6.07) is 12.9. The summed E-state index contributed by atoms with van der Waals surface area (Å²) >= 11 is 4.98. The number of aromatic amines is 2. The molecule has 0 radical (unpaired) electrons. The van der Waals surface area contributed by atoms with Crippen LogP contribution in [0.2, 0.25) is 0 Å². The number of H-pyrrole nitrogens is 2. The summed E-state index contributed by atoms with van der Waals surface area (Å²) < 4.78 is 5.99. The number of benzene rings is 2. The molecule has 0 saturated heterocycles. The fourth-order valence-electron chi connectivity index (χ4n) is 3.17. The molecule has 4 rings (SSSR count). The Kier molecular flexibility index (Phi) is 4.30. The van der Waals surface area contributed by atoms with E-state index in [9.17, 15) is 9.59 Å². The highest BCUT2D eigenvalue weighted by Crippen LogP contribution is 2.26. The zero-order valence-electron chi connectivity index (χ0n) is 13.9. The van der Waals surface area contributed by atoms with Crippen LogP contribution in [0.1, 0.15) is 15.9 Å². The van der Waals surface area contributed by atoms with Gasteiger partial charge in [0.2, 0.25) is 0 Å². The van der Waals surface area contributed by atoms with Crippen molar-refractivity contribution in [2.45, 2.75) is 6.42 Å². The molecule has 2 heterocycles. The Morgan fingerprint density at radius 3 is 2.96 bits per heavy atom. The van der Waals surface area contributed by atoms with Crippen molar-refractivity contribution in [1.82, 2.24) is 15.3 Å². The molecule has 1 amide bonds. The van der Waals surface area contributed by atoms with Gasteiger partial charge in [-0.25, -0.2) is 0 Å². The van der Waals surface area contributed by atoms with Gasteiger partial charge in [0.25, 0.3) is 11.5 Å². The fourth-order valence-corrected chi connectivity index (χ4v) is 3.37. The van der Waals surface area contributed by atoms with Crippen LogP contribution in [0, 0.1) is 10.7 Å². The van der Waals surface area contributed by atoms with Crippen LogP contribution in [0.3, 0.4) is 0 Å². The number of carbonyl (C=O) groups is 1. The maximum absolute atomic E-state index is 12.5. The first kappa shape index (κ1) is 16.5. The topological polar surface area (TPSA) is 87.0 Å². The molecule has 0 saturated carbocycles. The SMILES string of the molecule is O=C(NC[C@@H]1COc2ccccc2C1)c1ccc2c(=O)[nH]c(=S)[nH]c2c1. The third-order valence-electron chi connectivity index (χ3n) is 4.51. The summed E-state index contributed by atoms with van der Waals surface area (Å²) in [5.74, 6) is 0.957. The van der Waals surface area contributed by atoms with Crippen LogP contribution in [0.15, 0.2) is 47.3 Å². The van der Waals surface area contributed by atoms with E-state index in [0.717, 1.165) is 17.7 Å². The number of hydrogen-bond donors (Lipinski definition) is 3. The number of para-hydroxylation sites is 1. The van der Waals surface area contributed by atoms with Gasteiger partial charge in [-0.2, -0.15) is 0 Å². The Hall–Kier alpha value is -2.93. The predicted octanol–water partition coefficient (Wildman–Crippen LogP) is 2.57. The van der Waals surface area contributed by atoms with E-state index in [1.54, 1.807) is 18.2 Å². The van der Waals surface area contributed by atoms with Gasteiger partial charge in [-0.15, -0.1) is 0 Å². The molecule has 1 aliphatic heterocycles. The summed E-state index contributed by atoms with van der Waals surface area (Å²) in [4.78, 5) is 29.8. The molecule has 2 aromatic carbocycles. The summed E-state index contributed by atoms with van der Waals surface area (Å²) in [6.45, 7) is 1.11. The second-order valence-electron chi connectivity index (χ2n) is 6.37. The van der Waals surface area contributed by atoms with E-state index in [0.29, 0.717) is 29.6 Å². The van der Waals surface area contributed by atoms with E-state index >= 15 is 0 Å². The second kappa shape index (κ2) is 6.76. The number of carbonyl (C=O) groups excluding carboxylic acids is 1. The largest absolute Gasteiger partial charge is 0.493 e. The molecule has 0 unspecified atom stereocenters. The van der Waals surface area contributed by atoms with E-state index in [1.807, 2.05) is 24.3 Å². The normalized spacial score (nSPS) is 15.9. The molecule has 0 bridgehead atoms. The molecular weight excluding hydrogens is 350 g/mol. The zero-order valence-corrected chi connectivity index (χ0v) is 14.7. The molecule has 0 fully saturated rings. The van der Waals surface area contributed by atoms with Gasteiger partial charge < -0.3 is 15.0 Å². The molecule has 3 aromatic rings. The van der Waals surface area contributed by atoms with E-state index in [1.165, 1.54) is 0 Å². The molecule has 0 spiro atoms. The first-order valence-corrected chi connectivity index (χ1v) is 8.76. The molecule has 3 N–H and O–H groups in total. The van der Waals surface area contributed by atoms with Crippen molar-refractivity contribution in [3.8, 4) is 5.75 Å². The van der Waals surface area contributed by atoms with Gasteiger partial charge in [-0.3, -0.25) is 14.6 Å². The zero-order chi connectivity index (χ0) is 18.1. The second-order valence-corrected chi connectivity index (χ2v) is 6.78. The first-order valence-electron chi connectivity index (χ1n) is 8.35. The molecule has 1 aromatic heterocycles. The molecule has 6 nitrogen and oxygen atoms in total. The minimum atomic E-state index is -0.270. The third kappa shape index (κ3) is 3.25. The van der Waals surface area contributed by atoms with Gasteiger partial charge in [0, 0.05) is 18.0 Å². The van der Waals surface area contributed by atoms with Gasteiger partial charge in [0.05, 0.1) is 17.5 Å². The third-order valence-corrected chi connectivity index (χ3v) is 4.71. The molecule has 0 aliphatic carbocycles. The minimum absolute atomic E-state index is 0.189. The number of amides is 1. The highest BCUT2D eigenvalue weighted by atomic mass is 32.1. The summed E-state index contributed by atoms with van der Waals surface area (Å²) in [6.07, 6.45) is 0.872. The van der Waals surface area contributed by atoms with Crippen LogP contribution in [0.4, 0.5) is 0 Å². The number of hydrogen-bond acceptors (Lipinski definition) is 4. The lowest BCUT2D eigenvalue weighted by atomic mass is 9.96. The van der Waals surface area contributed by atoms with Crippen LogP contribution in [-0.2, 0) is 6.42 Å². The molecule has 1 aliphatic rings. The van der Waals surface area contributed by atoms with Crippen LogP contribution in [-0.4, -0.2) is 29.0 Å². The Balaban J connectivity index is 1.46. The smallest absolute Gasteiger partial charge is 0.259 e. The predicted molar refractivity (Wildman–Crippen MR) is 101 cm³/mol. The molecule has 1 atom stereocenters. The number of aromatic nitrogens is 2. The van der Waals surface area contributed by atoms with Gasteiger partial charge in [-0.1, -0.05) is 18.2 Å². The van der Waals surface area contributed by atoms with Gasteiger partial charge in [0.1, 0.15) is 5.75 Å². The van der Waals surface area contributed by atoms with Crippen molar-refractivity contribution in [1.29, 1.82) is 0 Å². The van der Waals surface area contributed by atoms with Gasteiger partial charge >= 0.3 is 0 Å². The monoisotopic (exact) mass is 367 g/mol. The van der Waals surface area contributed by atoms with Crippen LogP contribution < -0.4 is 15.6 Å². The summed E-state index contributed by atoms with van der Waals surface area (Å²) in [5.41, 5.74) is 1.91. The standard InChI is InChI=1S/C19H17N3O3S/c23-17(13-5-6-14-15(8-13)21-19(26)22-18(14)24)20-9-11-7-12-3-1-2-4-16(12)25-10-11/h1-6,8,11H,7,9-10H2,(H,20,23)(H2,21,22,24,26)/t11-/m1/s1. The highest BCUT2D eigenvalue weighted by molar-refractivity contribution is 7.71. The Morgan fingerprint density at radius 2 is 2.08 bits per heavy atom. The minimum Gasteiger partial charge on any atom is -0.493 e. The lowest BCUT2D eigenvalue weighted by Crippen LogP contribution is -2.34. The Bertz CT molecular complexity index is 1100. The molecule has 132 valence electrons. The van der Waals surface area contributed by atoms with Gasteiger partial charge in [-0.05, 0) is 48.5 Å². The van der Waals surface area contributed by atoms with Crippen molar-refractivity contribution < 1.29 is 9.53 Å². The van der Waals surface area contributed by atoms with Crippen LogP contribution >= 0.6 is 12.2 Å². The molecular formula is C19H17N3O3S. The van der Waals surface area contributed by atoms with Gasteiger partial charge in [0.15, 0.2) is 4.77 Å². The summed E-state index contributed by atoms with van der Waals surface area (Å²) in [5, 5.41) is 3.41. The number of ether oxygens (including phenoxy) is 1. The fraction of sp³-hybridized carbons (Fsp3) is 0.211. The maximum Gasteiger partial charge on any atom is 0.259 e. The van der Waals surface area contributed by atoms with E-state index in [2.05, 4.69) is 15.3 Å². The summed E-state index contributed by atoms with van der Waals surface area (Å²) in [7, 11) is 0. The van der Waals surface area contributed by atoms with Crippen LogP contribution in [0.25, 0.3) is 10.9 Å². The Labute approximate surface area is 154 Å². The molecule has 26 heavy (non-hydrogen) atoms. The van der Waals surface area contributed by atoms with Crippen molar-refractivity contribution >= 4 is 29.0 Å². The van der Waals surface area contributed by atoms with Crippen LogP contribution in [0.5, 0.6) is 5.75 Å². The van der Waals surface area contributed by atoms with E-state index < -0.39 is 0 Å². The van der Waals surface area contributed by atoms with Crippen molar-refractivity contribution in [3.63, 3.8) is 0 Å². The number of fused-ring (bicyclic) bond motifs is 2. The number of nitrogens with one attached hydrogen (secondary N) is 3. The Morgan fingerprint density at radius 1 is 1.23 bits per heavy atom. The first-order chi connectivity index (χ1) is 12.6. The lowest BCUT2D eigenvalue weighted by molar-refractivity contribution is 0.0939. The maximum atomic E-state index is 12.5. The van der Waals surface area contributed by atoms with Crippen molar-refractivity contribution in [3.05, 3.63) is 68.7 Å². The number of rotatable bonds is 3. The van der Waals surface area contributed by atoms with E-state index in [4.69, 9.17) is 17.0 Å². The average Bonchev–Trinajstić information content (AvgIpc) is 2.65. The lowest BCUT2D eigenvalue weighted by Gasteiger charge is -2.25. The van der Waals surface area contributed by atoms with E-state index in [-0.39, 0.29) is 22.2 Å². The molecule has 7 heteroatoms. The quantitative estimate of drug-likeness (QED) is 0.621. The van der Waals surface area contributed by atoms with Crippen molar-refractivity contribution in [2.24, 2.45) is 5.92 Å². The van der Waals surface area contributed by atoms with Crippen molar-refractivity contribution in [2.75, 3.05) is 13.2 Å².